The number of fused-ring (bicyclic) bond motifs is 1. The molecule has 3 N–H and O–H groups in total. The van der Waals surface area contributed by atoms with Gasteiger partial charge in [0.1, 0.15) is 29.2 Å². The Kier molecular flexibility index (Phi) is 10.2. The minimum Gasteiger partial charge on any atom is -0.497 e. The second kappa shape index (κ2) is 14.2. The van der Waals surface area contributed by atoms with Gasteiger partial charge in [-0.2, -0.15) is 0 Å². The molecule has 0 bridgehead atoms. The van der Waals surface area contributed by atoms with Crippen molar-refractivity contribution in [2.24, 2.45) is 11.3 Å². The molecule has 1 saturated heterocycles. The lowest BCUT2D eigenvalue weighted by Crippen LogP contribution is -2.59. The molecule has 2 saturated carbocycles. The highest BCUT2D eigenvalue weighted by atomic mass is 35.5. The van der Waals surface area contributed by atoms with Crippen molar-refractivity contribution < 1.29 is 37.0 Å². The van der Waals surface area contributed by atoms with E-state index < -0.39 is 68.1 Å². The number of nitrogens with one attached hydrogen (secondary N) is 3. The number of nitrogens with zero attached hydrogens (tertiary/aromatic N) is 2. The van der Waals surface area contributed by atoms with E-state index in [2.05, 4.69) is 26.9 Å². The minimum atomic E-state index is -3.90. The third-order valence-electron chi connectivity index (χ3n) is 9.97. The van der Waals surface area contributed by atoms with Crippen molar-refractivity contribution in [2.45, 2.75) is 75.4 Å². The lowest BCUT2D eigenvalue weighted by atomic mass is 9.85. The smallest absolute Gasteiger partial charge is 0.254 e. The van der Waals surface area contributed by atoms with E-state index in [0.29, 0.717) is 45.8 Å². The zero-order chi connectivity index (χ0) is 37.6. The first-order valence-electron chi connectivity index (χ1n) is 17.1. The topological polar surface area (TPSA) is 165 Å². The third-order valence-corrected chi connectivity index (χ3v) is 12.0. The summed E-state index contributed by atoms with van der Waals surface area (Å²) in [7, 11) is -0.831. The number of ether oxygens (including phenoxy) is 3. The van der Waals surface area contributed by atoms with Crippen LogP contribution in [0.25, 0.3) is 10.8 Å². The second-order valence-electron chi connectivity index (χ2n) is 14.6. The van der Waals surface area contributed by atoms with Crippen molar-refractivity contribution in [3.8, 4) is 17.4 Å². The molecule has 15 heteroatoms. The van der Waals surface area contributed by atoms with Gasteiger partial charge < -0.3 is 19.5 Å². The quantitative estimate of drug-likeness (QED) is 0.211. The van der Waals surface area contributed by atoms with Crippen molar-refractivity contribution in [3.05, 3.63) is 66.3 Å². The fourth-order valence-corrected chi connectivity index (χ4v) is 8.47. The maximum Gasteiger partial charge on any atom is 0.254 e. The maximum absolute atomic E-state index is 14.3. The van der Waals surface area contributed by atoms with Gasteiger partial charge in [0, 0.05) is 46.4 Å². The molecule has 1 aliphatic heterocycles. The van der Waals surface area contributed by atoms with Crippen LogP contribution in [0.1, 0.15) is 46.5 Å². The van der Waals surface area contributed by atoms with Gasteiger partial charge in [-0.15, -0.1) is 6.58 Å². The predicted molar refractivity (Wildman–Crippen MR) is 197 cm³/mol. The summed E-state index contributed by atoms with van der Waals surface area (Å²) >= 11 is 6.35. The first-order valence-corrected chi connectivity index (χ1v) is 19.0. The second-order valence-corrected chi connectivity index (χ2v) is 17.0. The lowest BCUT2D eigenvalue weighted by Gasteiger charge is -2.34. The number of carbonyl (C=O) groups is 3. The largest absolute Gasteiger partial charge is 0.497 e. The standard InChI is InChI=1S/C37H44ClN5O8S/c1-7-21-18-37(21,35(46)42-52(47,48)26-12-13-26)43-20-25(51-34-28-15-22(38)11-14-27(28)30(50-6)19-39-34)17-29(43)32(44)41-33(45)31(36(2,3)4)40-23-9-8-10-24(16-23)49-5/h7-11,14-16,19,21,25-26,29,31,40H,1,12-13,17-18,20H2,2-6H3,(H,42,46)(H,41,44,45)/t21-,25-,29+,31+,37-/m1/s1. The first-order chi connectivity index (χ1) is 24.6. The molecule has 13 nitrogen and oxygen atoms in total. The van der Waals surface area contributed by atoms with Gasteiger partial charge in [0.15, 0.2) is 0 Å². The van der Waals surface area contributed by atoms with Gasteiger partial charge in [-0.05, 0) is 55.0 Å². The lowest BCUT2D eigenvalue weighted by molar-refractivity contribution is -0.136. The Morgan fingerprint density at radius 2 is 1.85 bits per heavy atom. The number of pyridine rings is 1. The van der Waals surface area contributed by atoms with E-state index in [1.165, 1.54) is 13.3 Å². The van der Waals surface area contributed by atoms with Crippen molar-refractivity contribution in [2.75, 3.05) is 26.1 Å². The van der Waals surface area contributed by atoms with Crippen LogP contribution in [0.15, 0.2) is 61.3 Å². The van der Waals surface area contributed by atoms with Crippen molar-refractivity contribution >= 4 is 55.8 Å². The van der Waals surface area contributed by atoms with Crippen molar-refractivity contribution in [3.63, 3.8) is 0 Å². The molecule has 2 heterocycles. The molecule has 3 aliphatic rings. The number of methoxy groups -OCH3 is 2. The predicted octanol–water partition coefficient (Wildman–Crippen LogP) is 4.45. The van der Waals surface area contributed by atoms with Gasteiger partial charge in [-0.25, -0.2) is 13.4 Å². The van der Waals surface area contributed by atoms with Crippen LogP contribution in [0, 0.1) is 11.3 Å². The Labute approximate surface area is 308 Å². The zero-order valence-electron chi connectivity index (χ0n) is 29.8. The van der Waals surface area contributed by atoms with E-state index in [9.17, 15) is 22.8 Å². The SMILES string of the molecule is C=C[C@@H]1C[C@@]1(C(=O)NS(=O)(=O)C1CC1)N1C[C@H](Oc2ncc(OC)c3ccc(Cl)cc23)C[C@H]1C(=O)NC(=O)[C@H](Nc1cccc(OC)c1)C(C)(C)C. The molecule has 2 aliphatic carbocycles. The summed E-state index contributed by atoms with van der Waals surface area (Å²) < 4.78 is 45.5. The summed E-state index contributed by atoms with van der Waals surface area (Å²) in [4.78, 5) is 48.3. The van der Waals surface area contributed by atoms with E-state index in [4.69, 9.17) is 25.8 Å². The maximum atomic E-state index is 14.3. The van der Waals surface area contributed by atoms with Crippen LogP contribution in [-0.2, 0) is 24.4 Å². The number of imide groups is 1. The zero-order valence-corrected chi connectivity index (χ0v) is 31.3. The van der Waals surface area contributed by atoms with Crippen LogP contribution in [-0.4, -0.2) is 85.8 Å². The average molecular weight is 754 g/mol. The number of benzene rings is 2. The molecule has 0 unspecified atom stereocenters. The molecule has 6 rings (SSSR count). The molecular formula is C37H44ClN5O8S. The Morgan fingerprint density at radius 1 is 1.10 bits per heavy atom. The van der Waals surface area contributed by atoms with E-state index >= 15 is 0 Å². The summed E-state index contributed by atoms with van der Waals surface area (Å²) in [6.07, 6.45) is 3.65. The molecule has 278 valence electrons. The first kappa shape index (κ1) is 37.4. The monoisotopic (exact) mass is 753 g/mol. The number of halogens is 1. The van der Waals surface area contributed by atoms with Crippen LogP contribution < -0.4 is 29.6 Å². The number of carbonyl (C=O) groups excluding carboxylic acids is 3. The van der Waals surface area contributed by atoms with Gasteiger partial charge in [0.25, 0.3) is 5.91 Å². The molecule has 52 heavy (non-hydrogen) atoms. The van der Waals surface area contributed by atoms with Crippen LogP contribution in [0.5, 0.6) is 17.4 Å². The molecule has 5 atom stereocenters. The van der Waals surface area contributed by atoms with E-state index in [1.807, 2.05) is 20.8 Å². The molecular weight excluding hydrogens is 710 g/mol. The van der Waals surface area contributed by atoms with Crippen molar-refractivity contribution in [1.82, 2.24) is 19.9 Å². The number of anilines is 1. The fraction of sp³-hybridized carbons (Fsp3) is 0.459. The molecule has 2 aromatic carbocycles. The van der Waals surface area contributed by atoms with Crippen LogP contribution in [0.2, 0.25) is 5.02 Å². The normalized spacial score (nSPS) is 23.7. The molecule has 3 fully saturated rings. The van der Waals surface area contributed by atoms with E-state index in [1.54, 1.807) is 60.6 Å². The van der Waals surface area contributed by atoms with Gasteiger partial charge in [0.2, 0.25) is 27.7 Å². The highest BCUT2D eigenvalue weighted by molar-refractivity contribution is 7.91. The van der Waals surface area contributed by atoms with Gasteiger partial charge in [0.05, 0.1) is 31.7 Å². The summed E-state index contributed by atoms with van der Waals surface area (Å²) in [5.74, 6) is -1.08. The Balaban J connectivity index is 1.31. The third kappa shape index (κ3) is 7.42. The summed E-state index contributed by atoms with van der Waals surface area (Å²) in [6.45, 7) is 9.56. The number of hydrogen-bond acceptors (Lipinski definition) is 11. The molecule has 3 aromatic rings. The number of rotatable bonds is 13. The molecule has 0 spiro atoms. The number of aromatic nitrogens is 1. The number of likely N-dealkylation sites (tertiary alicyclic amines) is 1. The molecule has 0 radical (unpaired) electrons. The van der Waals surface area contributed by atoms with Gasteiger partial charge in [-0.3, -0.25) is 29.3 Å². The summed E-state index contributed by atoms with van der Waals surface area (Å²) in [5, 5.41) is 6.94. The van der Waals surface area contributed by atoms with E-state index in [-0.39, 0.29) is 25.3 Å². The molecule has 1 aromatic heterocycles. The van der Waals surface area contributed by atoms with Gasteiger partial charge >= 0.3 is 0 Å². The Hall–Kier alpha value is -4.40. The summed E-state index contributed by atoms with van der Waals surface area (Å²) in [5.41, 5.74) is -1.43. The summed E-state index contributed by atoms with van der Waals surface area (Å²) in [6, 6.07) is 10.4. The number of amides is 3. The van der Waals surface area contributed by atoms with Crippen molar-refractivity contribution in [1.29, 1.82) is 0 Å². The van der Waals surface area contributed by atoms with Crippen LogP contribution in [0.3, 0.4) is 0 Å². The fourth-order valence-electron chi connectivity index (χ4n) is 6.94. The molecule has 3 amide bonds. The van der Waals surface area contributed by atoms with Crippen LogP contribution in [0.4, 0.5) is 5.69 Å². The van der Waals surface area contributed by atoms with E-state index in [0.717, 1.165) is 0 Å². The van der Waals surface area contributed by atoms with Gasteiger partial charge in [-0.1, -0.05) is 44.5 Å². The highest BCUT2D eigenvalue weighted by Gasteiger charge is 2.67. The number of hydrogen-bond donors (Lipinski definition) is 3. The highest BCUT2D eigenvalue weighted by Crippen LogP contribution is 2.53. The minimum absolute atomic E-state index is 0.0496. The van der Waals surface area contributed by atoms with Crippen LogP contribution >= 0.6 is 11.6 Å². The average Bonchev–Trinajstić information content (AvgIpc) is 4.03. The number of sulfonamides is 1. The Morgan fingerprint density at radius 3 is 2.48 bits per heavy atom. The Bertz CT molecular complexity index is 2020.